The number of aliphatic hydroxyl groups is 1. The van der Waals surface area contributed by atoms with Crippen LogP contribution in [-0.4, -0.2) is 29.7 Å². The average molecular weight is 266 g/mol. The van der Waals surface area contributed by atoms with Crippen molar-refractivity contribution in [1.82, 2.24) is 0 Å². The van der Waals surface area contributed by atoms with Crippen LogP contribution in [0, 0.1) is 0 Å². The smallest absolute Gasteiger partial charge is 0.493 e. The minimum Gasteiger partial charge on any atom is -0.493 e. The van der Waals surface area contributed by atoms with Crippen LogP contribution in [0.1, 0.15) is 11.7 Å². The van der Waals surface area contributed by atoms with Crippen molar-refractivity contribution >= 4 is 5.97 Å². The Balaban J connectivity index is 3.13. The molecule has 0 spiro atoms. The molecule has 0 aliphatic carbocycles. The Hall–Kier alpha value is -1.96. The lowest BCUT2D eigenvalue weighted by Gasteiger charge is -2.14. The van der Waals surface area contributed by atoms with Crippen LogP contribution in [0.3, 0.4) is 0 Å². The van der Waals surface area contributed by atoms with E-state index in [0.717, 1.165) is 25.3 Å². The van der Waals surface area contributed by atoms with Crippen LogP contribution in [0.4, 0.5) is 13.2 Å². The van der Waals surface area contributed by atoms with Crippen LogP contribution in [0.2, 0.25) is 0 Å². The molecule has 1 aromatic rings. The van der Waals surface area contributed by atoms with Crippen molar-refractivity contribution in [3.63, 3.8) is 0 Å². The summed E-state index contributed by atoms with van der Waals surface area (Å²) < 4.78 is 44.6. The molecule has 0 fully saturated rings. The SMILES string of the molecule is COc1ccc(C(O)C(=O)O)cc1OC(F)(F)F. The first-order chi connectivity index (χ1) is 8.24. The Morgan fingerprint density at radius 1 is 1.33 bits per heavy atom. The highest BCUT2D eigenvalue weighted by molar-refractivity contribution is 5.74. The monoisotopic (exact) mass is 266 g/mol. The van der Waals surface area contributed by atoms with Crippen LogP contribution in [0.25, 0.3) is 0 Å². The number of ether oxygens (including phenoxy) is 2. The fraction of sp³-hybridized carbons (Fsp3) is 0.300. The van der Waals surface area contributed by atoms with Crippen LogP contribution < -0.4 is 9.47 Å². The molecule has 0 saturated heterocycles. The summed E-state index contributed by atoms with van der Waals surface area (Å²) in [6.45, 7) is 0. The van der Waals surface area contributed by atoms with Gasteiger partial charge in [-0.25, -0.2) is 4.79 Å². The molecule has 0 amide bonds. The van der Waals surface area contributed by atoms with E-state index >= 15 is 0 Å². The van der Waals surface area contributed by atoms with Crippen molar-refractivity contribution in [3.05, 3.63) is 23.8 Å². The third kappa shape index (κ3) is 3.52. The Bertz CT molecular complexity index is 444. The zero-order chi connectivity index (χ0) is 13.9. The number of carboxylic acids is 1. The third-order valence-electron chi connectivity index (χ3n) is 1.96. The number of hydrogen-bond acceptors (Lipinski definition) is 4. The number of alkyl halides is 3. The molecule has 5 nitrogen and oxygen atoms in total. The highest BCUT2D eigenvalue weighted by atomic mass is 19.4. The van der Waals surface area contributed by atoms with E-state index in [1.54, 1.807) is 0 Å². The summed E-state index contributed by atoms with van der Waals surface area (Å²) in [6.07, 6.45) is -6.88. The number of aliphatic carboxylic acids is 1. The summed E-state index contributed by atoms with van der Waals surface area (Å²) in [6, 6.07) is 2.95. The van der Waals surface area contributed by atoms with E-state index in [9.17, 15) is 23.1 Å². The molecular formula is C10H9F3O5. The van der Waals surface area contributed by atoms with E-state index < -0.39 is 24.2 Å². The summed E-state index contributed by atoms with van der Waals surface area (Å²) in [5.74, 6) is -2.53. The minimum absolute atomic E-state index is 0.228. The predicted molar refractivity (Wildman–Crippen MR) is 52.3 cm³/mol. The highest BCUT2D eigenvalue weighted by Crippen LogP contribution is 2.34. The number of methoxy groups -OCH3 is 1. The fourth-order valence-electron chi connectivity index (χ4n) is 1.21. The molecule has 8 heteroatoms. The highest BCUT2D eigenvalue weighted by Gasteiger charge is 2.33. The van der Waals surface area contributed by atoms with Gasteiger partial charge in [-0.05, 0) is 17.7 Å². The summed E-state index contributed by atoms with van der Waals surface area (Å²) in [4.78, 5) is 10.5. The quantitative estimate of drug-likeness (QED) is 0.867. The van der Waals surface area contributed by atoms with Crippen LogP contribution >= 0.6 is 0 Å². The van der Waals surface area contributed by atoms with Gasteiger partial charge in [-0.15, -0.1) is 13.2 Å². The predicted octanol–water partition coefficient (Wildman–Crippen LogP) is 1.71. The number of rotatable bonds is 4. The fourth-order valence-corrected chi connectivity index (χ4v) is 1.21. The van der Waals surface area contributed by atoms with Crippen molar-refractivity contribution in [2.45, 2.75) is 12.5 Å². The van der Waals surface area contributed by atoms with Crippen LogP contribution in [-0.2, 0) is 4.79 Å². The lowest BCUT2D eigenvalue weighted by atomic mass is 10.1. The van der Waals surface area contributed by atoms with Gasteiger partial charge < -0.3 is 19.7 Å². The second-order valence-electron chi connectivity index (χ2n) is 3.20. The first-order valence-corrected chi connectivity index (χ1v) is 4.59. The van der Waals surface area contributed by atoms with Crippen molar-refractivity contribution in [2.75, 3.05) is 7.11 Å². The maximum absolute atomic E-state index is 12.1. The largest absolute Gasteiger partial charge is 0.573 e. The van der Waals surface area contributed by atoms with Gasteiger partial charge in [-0.2, -0.15) is 0 Å². The molecule has 0 saturated carbocycles. The van der Waals surface area contributed by atoms with Gasteiger partial charge in [0, 0.05) is 0 Å². The molecule has 100 valence electrons. The molecule has 0 bridgehead atoms. The maximum atomic E-state index is 12.1. The number of carbonyl (C=O) groups is 1. The van der Waals surface area contributed by atoms with Crippen molar-refractivity contribution in [3.8, 4) is 11.5 Å². The van der Waals surface area contributed by atoms with Crippen LogP contribution in [0.15, 0.2) is 18.2 Å². The molecule has 1 rings (SSSR count). The summed E-state index contributed by atoms with van der Waals surface area (Å²) in [7, 11) is 1.13. The van der Waals surface area contributed by atoms with Crippen molar-refractivity contribution in [2.24, 2.45) is 0 Å². The van der Waals surface area contributed by atoms with E-state index in [0.29, 0.717) is 0 Å². The topological polar surface area (TPSA) is 76.0 Å². The van der Waals surface area contributed by atoms with Gasteiger partial charge >= 0.3 is 12.3 Å². The van der Waals surface area contributed by atoms with Crippen LogP contribution in [0.5, 0.6) is 11.5 Å². The van der Waals surface area contributed by atoms with Gasteiger partial charge in [-0.3, -0.25) is 0 Å². The Morgan fingerprint density at radius 3 is 2.39 bits per heavy atom. The summed E-state index contributed by atoms with van der Waals surface area (Å²) in [5, 5.41) is 17.7. The van der Waals surface area contributed by atoms with Gasteiger partial charge in [0.1, 0.15) is 0 Å². The van der Waals surface area contributed by atoms with Gasteiger partial charge in [0.15, 0.2) is 17.6 Å². The molecule has 1 aromatic carbocycles. The summed E-state index contributed by atoms with van der Waals surface area (Å²) >= 11 is 0. The van der Waals surface area contributed by atoms with Gasteiger partial charge in [-0.1, -0.05) is 6.07 Å². The Morgan fingerprint density at radius 2 is 1.94 bits per heavy atom. The second kappa shape index (κ2) is 5.13. The summed E-state index contributed by atoms with van der Waals surface area (Å²) in [5.41, 5.74) is -0.248. The molecule has 0 aliphatic heterocycles. The van der Waals surface area contributed by atoms with Gasteiger partial charge in [0.05, 0.1) is 7.11 Å². The minimum atomic E-state index is -4.94. The molecule has 0 aromatic heterocycles. The normalized spacial score (nSPS) is 12.9. The van der Waals surface area contributed by atoms with E-state index in [4.69, 9.17) is 5.11 Å². The molecule has 2 N–H and O–H groups in total. The molecular weight excluding hydrogens is 257 g/mol. The van der Waals surface area contributed by atoms with Gasteiger partial charge in [0.2, 0.25) is 0 Å². The van der Waals surface area contributed by atoms with E-state index in [2.05, 4.69) is 9.47 Å². The lowest BCUT2D eigenvalue weighted by Crippen LogP contribution is -2.18. The lowest BCUT2D eigenvalue weighted by molar-refractivity contribution is -0.275. The molecule has 0 aliphatic rings. The van der Waals surface area contributed by atoms with E-state index in [-0.39, 0.29) is 11.3 Å². The average Bonchev–Trinajstić information content (AvgIpc) is 2.25. The molecule has 18 heavy (non-hydrogen) atoms. The molecule has 0 heterocycles. The molecule has 1 atom stereocenters. The first kappa shape index (κ1) is 14.1. The number of aliphatic hydroxyl groups excluding tert-OH is 1. The van der Waals surface area contributed by atoms with E-state index in [1.165, 1.54) is 0 Å². The number of benzene rings is 1. The number of hydrogen-bond donors (Lipinski definition) is 2. The zero-order valence-corrected chi connectivity index (χ0v) is 9.06. The number of carboxylic acid groups (broad SMARTS) is 1. The maximum Gasteiger partial charge on any atom is 0.573 e. The number of halogens is 3. The molecule has 0 radical (unpaired) electrons. The van der Waals surface area contributed by atoms with E-state index in [1.807, 2.05) is 0 Å². The molecule has 1 unspecified atom stereocenters. The van der Waals surface area contributed by atoms with Crippen molar-refractivity contribution < 1.29 is 37.7 Å². The second-order valence-corrected chi connectivity index (χ2v) is 3.20. The Labute approximate surface area is 99.4 Å². The first-order valence-electron chi connectivity index (χ1n) is 4.59. The Kier molecular flexibility index (Phi) is 4.02. The van der Waals surface area contributed by atoms with Gasteiger partial charge in [0.25, 0.3) is 0 Å². The third-order valence-corrected chi connectivity index (χ3v) is 1.96. The standard InChI is InChI=1S/C10H9F3O5/c1-17-6-3-2-5(8(14)9(15)16)4-7(6)18-10(11,12)13/h2-4,8,14H,1H3,(H,15,16). The zero-order valence-electron chi connectivity index (χ0n) is 9.06. The van der Waals surface area contributed by atoms with Crippen molar-refractivity contribution in [1.29, 1.82) is 0 Å².